The van der Waals surface area contributed by atoms with Gasteiger partial charge in [-0.15, -0.1) is 0 Å². The van der Waals surface area contributed by atoms with Crippen LogP contribution >= 0.6 is 0 Å². The SMILES string of the molecule is COC(OC)c1ccccc1C1(O)CCC=C1N(C)C. The highest BCUT2D eigenvalue weighted by Gasteiger charge is 2.40. The minimum Gasteiger partial charge on any atom is -0.379 e. The molecular formula is C16H23NO3. The molecule has 0 fully saturated rings. The monoisotopic (exact) mass is 277 g/mol. The van der Waals surface area contributed by atoms with Gasteiger partial charge in [0.05, 0.1) is 0 Å². The summed E-state index contributed by atoms with van der Waals surface area (Å²) >= 11 is 0. The normalized spacial score (nSPS) is 22.2. The molecule has 0 aliphatic heterocycles. The van der Waals surface area contributed by atoms with Crippen molar-refractivity contribution in [3.63, 3.8) is 0 Å². The fourth-order valence-electron chi connectivity index (χ4n) is 2.97. The number of ether oxygens (including phenoxy) is 2. The summed E-state index contributed by atoms with van der Waals surface area (Å²) in [6.07, 6.45) is 3.16. The van der Waals surface area contributed by atoms with Gasteiger partial charge in [-0.05, 0) is 18.4 Å². The van der Waals surface area contributed by atoms with Crippen LogP contribution in [0.4, 0.5) is 0 Å². The first-order valence-electron chi connectivity index (χ1n) is 6.80. The van der Waals surface area contributed by atoms with Gasteiger partial charge in [0, 0.05) is 39.6 Å². The van der Waals surface area contributed by atoms with Crippen molar-refractivity contribution in [1.82, 2.24) is 4.90 Å². The Morgan fingerprint density at radius 2 is 1.85 bits per heavy atom. The van der Waals surface area contributed by atoms with E-state index in [1.165, 1.54) is 0 Å². The Labute approximate surface area is 120 Å². The fourth-order valence-corrected chi connectivity index (χ4v) is 2.97. The molecule has 110 valence electrons. The van der Waals surface area contributed by atoms with E-state index in [0.717, 1.165) is 23.2 Å². The highest BCUT2D eigenvalue weighted by Crippen LogP contribution is 2.43. The van der Waals surface area contributed by atoms with Crippen molar-refractivity contribution in [3.05, 3.63) is 47.2 Å². The van der Waals surface area contributed by atoms with Gasteiger partial charge in [0.1, 0.15) is 5.60 Å². The molecule has 1 aromatic rings. The van der Waals surface area contributed by atoms with E-state index in [9.17, 15) is 5.11 Å². The van der Waals surface area contributed by atoms with Gasteiger partial charge in [-0.25, -0.2) is 0 Å². The molecule has 1 N–H and O–H groups in total. The van der Waals surface area contributed by atoms with Crippen LogP contribution in [0.3, 0.4) is 0 Å². The summed E-state index contributed by atoms with van der Waals surface area (Å²) in [5.41, 5.74) is 1.67. The number of hydrogen-bond donors (Lipinski definition) is 1. The third-order valence-electron chi connectivity index (χ3n) is 3.84. The van der Waals surface area contributed by atoms with Gasteiger partial charge in [0.25, 0.3) is 0 Å². The smallest absolute Gasteiger partial charge is 0.183 e. The molecule has 0 radical (unpaired) electrons. The van der Waals surface area contributed by atoms with Crippen LogP contribution < -0.4 is 0 Å². The summed E-state index contributed by atoms with van der Waals surface area (Å²) in [6.45, 7) is 0. The highest BCUT2D eigenvalue weighted by molar-refractivity contribution is 5.41. The Hall–Kier alpha value is -1.36. The molecule has 1 aromatic carbocycles. The second-order valence-electron chi connectivity index (χ2n) is 5.27. The molecule has 0 spiro atoms. The molecule has 20 heavy (non-hydrogen) atoms. The summed E-state index contributed by atoms with van der Waals surface area (Å²) in [7, 11) is 7.11. The van der Waals surface area contributed by atoms with E-state index >= 15 is 0 Å². The maximum Gasteiger partial charge on any atom is 0.183 e. The zero-order valence-electron chi connectivity index (χ0n) is 12.6. The summed E-state index contributed by atoms with van der Waals surface area (Å²) < 4.78 is 10.7. The zero-order valence-corrected chi connectivity index (χ0v) is 12.6. The van der Waals surface area contributed by atoms with Crippen molar-refractivity contribution in [2.45, 2.75) is 24.7 Å². The van der Waals surface area contributed by atoms with Gasteiger partial charge in [-0.3, -0.25) is 0 Å². The van der Waals surface area contributed by atoms with E-state index in [2.05, 4.69) is 6.08 Å². The van der Waals surface area contributed by atoms with E-state index in [1.54, 1.807) is 14.2 Å². The molecule has 1 atom stereocenters. The standard InChI is InChI=1S/C16H23NO3/c1-17(2)14-10-7-11-16(14,18)13-9-6-5-8-12(13)15(19-3)20-4/h5-6,8-10,15,18H,7,11H2,1-4H3. The average molecular weight is 277 g/mol. The van der Waals surface area contributed by atoms with E-state index < -0.39 is 11.9 Å². The predicted molar refractivity (Wildman–Crippen MR) is 78.1 cm³/mol. The summed E-state index contributed by atoms with van der Waals surface area (Å²) in [5, 5.41) is 11.2. The second kappa shape index (κ2) is 5.95. The number of likely N-dealkylation sites (N-methyl/N-ethyl adjacent to an activating group) is 1. The van der Waals surface area contributed by atoms with Crippen LogP contribution in [-0.4, -0.2) is 38.3 Å². The van der Waals surface area contributed by atoms with Gasteiger partial charge in [0.15, 0.2) is 6.29 Å². The van der Waals surface area contributed by atoms with Crippen molar-refractivity contribution >= 4 is 0 Å². The molecule has 0 heterocycles. The molecule has 0 amide bonds. The van der Waals surface area contributed by atoms with E-state index in [-0.39, 0.29) is 0 Å². The molecule has 0 aromatic heterocycles. The molecule has 0 bridgehead atoms. The Balaban J connectivity index is 2.50. The third-order valence-corrected chi connectivity index (χ3v) is 3.84. The molecule has 4 nitrogen and oxygen atoms in total. The number of aliphatic hydroxyl groups is 1. The van der Waals surface area contributed by atoms with E-state index in [0.29, 0.717) is 6.42 Å². The van der Waals surface area contributed by atoms with Crippen LogP contribution in [0.2, 0.25) is 0 Å². The Morgan fingerprint density at radius 3 is 2.45 bits per heavy atom. The van der Waals surface area contributed by atoms with Crippen LogP contribution in [0.25, 0.3) is 0 Å². The number of rotatable bonds is 5. The first-order valence-corrected chi connectivity index (χ1v) is 6.80. The largest absolute Gasteiger partial charge is 0.379 e. The maximum atomic E-state index is 11.2. The quantitative estimate of drug-likeness (QED) is 0.839. The number of hydrogen-bond acceptors (Lipinski definition) is 4. The number of nitrogens with zero attached hydrogens (tertiary/aromatic N) is 1. The number of allylic oxidation sites excluding steroid dienone is 1. The lowest BCUT2D eigenvalue weighted by Gasteiger charge is -2.34. The molecule has 0 saturated carbocycles. The average Bonchev–Trinajstić information content (AvgIpc) is 2.84. The van der Waals surface area contributed by atoms with Crippen molar-refractivity contribution < 1.29 is 14.6 Å². The number of benzene rings is 1. The first kappa shape index (κ1) is 15.0. The highest BCUT2D eigenvalue weighted by atomic mass is 16.7. The lowest BCUT2D eigenvalue weighted by atomic mass is 9.86. The molecule has 1 aliphatic carbocycles. The van der Waals surface area contributed by atoms with Crippen LogP contribution in [0.5, 0.6) is 0 Å². The van der Waals surface area contributed by atoms with Gasteiger partial charge >= 0.3 is 0 Å². The fraction of sp³-hybridized carbons (Fsp3) is 0.500. The zero-order chi connectivity index (χ0) is 14.8. The lowest BCUT2D eigenvalue weighted by molar-refractivity contribution is -0.108. The molecular weight excluding hydrogens is 254 g/mol. The molecule has 4 heteroatoms. The van der Waals surface area contributed by atoms with E-state index in [4.69, 9.17) is 9.47 Å². The first-order chi connectivity index (χ1) is 9.54. The Morgan fingerprint density at radius 1 is 1.20 bits per heavy atom. The maximum absolute atomic E-state index is 11.2. The van der Waals surface area contributed by atoms with Crippen LogP contribution in [0, 0.1) is 0 Å². The van der Waals surface area contributed by atoms with Gasteiger partial charge < -0.3 is 19.5 Å². The minimum absolute atomic E-state index is 0.473. The van der Waals surface area contributed by atoms with E-state index in [1.807, 2.05) is 43.3 Å². The Bertz CT molecular complexity index is 494. The number of methoxy groups -OCH3 is 2. The van der Waals surface area contributed by atoms with Crippen LogP contribution in [0.1, 0.15) is 30.3 Å². The van der Waals surface area contributed by atoms with Crippen molar-refractivity contribution in [2.24, 2.45) is 0 Å². The molecule has 1 unspecified atom stereocenters. The Kier molecular flexibility index (Phi) is 4.48. The van der Waals surface area contributed by atoms with Crippen LogP contribution in [0.15, 0.2) is 36.0 Å². The predicted octanol–water partition coefficient (Wildman–Crippen LogP) is 2.40. The molecule has 2 rings (SSSR count). The van der Waals surface area contributed by atoms with Crippen molar-refractivity contribution in [2.75, 3.05) is 28.3 Å². The van der Waals surface area contributed by atoms with Crippen molar-refractivity contribution in [3.8, 4) is 0 Å². The third kappa shape index (κ3) is 2.46. The second-order valence-corrected chi connectivity index (χ2v) is 5.27. The lowest BCUT2D eigenvalue weighted by Crippen LogP contribution is -2.34. The topological polar surface area (TPSA) is 41.9 Å². The summed E-state index contributed by atoms with van der Waals surface area (Å²) in [5.74, 6) is 0. The van der Waals surface area contributed by atoms with Gasteiger partial charge in [-0.1, -0.05) is 30.3 Å². The van der Waals surface area contributed by atoms with Gasteiger partial charge in [0.2, 0.25) is 0 Å². The molecule has 1 aliphatic rings. The summed E-state index contributed by atoms with van der Waals surface area (Å²) in [6, 6.07) is 7.76. The summed E-state index contributed by atoms with van der Waals surface area (Å²) in [4.78, 5) is 1.97. The minimum atomic E-state index is -0.977. The van der Waals surface area contributed by atoms with Gasteiger partial charge in [-0.2, -0.15) is 0 Å². The molecule has 0 saturated heterocycles. The van der Waals surface area contributed by atoms with Crippen molar-refractivity contribution in [1.29, 1.82) is 0 Å². The van der Waals surface area contributed by atoms with Crippen LogP contribution in [-0.2, 0) is 15.1 Å².